The predicted octanol–water partition coefficient (Wildman–Crippen LogP) is 3.47. The van der Waals surface area contributed by atoms with Gasteiger partial charge in [0.1, 0.15) is 12.4 Å². The monoisotopic (exact) mass is 303 g/mol. The molecule has 21 heavy (non-hydrogen) atoms. The molecule has 0 heterocycles. The van der Waals surface area contributed by atoms with E-state index in [2.05, 4.69) is 10.1 Å². The molecular formula is C15H20F3NO2. The number of halogens is 3. The van der Waals surface area contributed by atoms with E-state index >= 15 is 0 Å². The van der Waals surface area contributed by atoms with Crippen molar-refractivity contribution in [2.75, 3.05) is 13.2 Å². The van der Waals surface area contributed by atoms with E-state index in [0.29, 0.717) is 11.8 Å². The van der Waals surface area contributed by atoms with Crippen LogP contribution in [0.2, 0.25) is 0 Å². The van der Waals surface area contributed by atoms with Gasteiger partial charge in [0, 0.05) is 12.6 Å². The van der Waals surface area contributed by atoms with Crippen molar-refractivity contribution in [3.05, 3.63) is 28.8 Å². The molecule has 3 nitrogen and oxygen atoms in total. The second-order valence-corrected chi connectivity index (χ2v) is 5.36. The highest BCUT2D eigenvalue weighted by Gasteiger charge is 2.28. The summed E-state index contributed by atoms with van der Waals surface area (Å²) < 4.78 is 44.7. The molecule has 118 valence electrons. The summed E-state index contributed by atoms with van der Waals surface area (Å²) in [6.45, 7) is 3.97. The first-order valence-corrected chi connectivity index (χ1v) is 7.02. The fraction of sp³-hybridized carbons (Fsp3) is 0.600. The molecule has 0 aliphatic heterocycles. The molecule has 1 aromatic rings. The molecule has 0 saturated heterocycles. The topological polar surface area (TPSA) is 30.5 Å². The van der Waals surface area contributed by atoms with Crippen molar-refractivity contribution in [2.45, 2.75) is 45.6 Å². The normalized spacial score (nSPS) is 15.3. The molecule has 0 amide bonds. The van der Waals surface area contributed by atoms with Gasteiger partial charge in [-0.05, 0) is 43.4 Å². The van der Waals surface area contributed by atoms with Gasteiger partial charge >= 0.3 is 6.36 Å². The summed E-state index contributed by atoms with van der Waals surface area (Å²) in [5.74, 6) is 0.635. The van der Waals surface area contributed by atoms with E-state index in [1.807, 2.05) is 26.0 Å². The minimum atomic E-state index is -4.61. The smallest absolute Gasteiger partial charge is 0.491 e. The van der Waals surface area contributed by atoms with E-state index in [1.54, 1.807) is 0 Å². The Bertz CT molecular complexity index is 461. The van der Waals surface area contributed by atoms with Gasteiger partial charge in [-0.3, -0.25) is 4.74 Å². The Morgan fingerprint density at radius 3 is 2.29 bits per heavy atom. The van der Waals surface area contributed by atoms with E-state index in [0.717, 1.165) is 23.2 Å². The molecule has 1 aromatic carbocycles. The van der Waals surface area contributed by atoms with Crippen LogP contribution in [0.15, 0.2) is 12.1 Å². The van der Waals surface area contributed by atoms with Gasteiger partial charge in [-0.25, -0.2) is 0 Å². The van der Waals surface area contributed by atoms with Gasteiger partial charge in [0.2, 0.25) is 0 Å². The number of rotatable bonds is 7. The Kier molecular flexibility index (Phi) is 5.11. The molecule has 0 aromatic heterocycles. The van der Waals surface area contributed by atoms with Crippen LogP contribution >= 0.6 is 0 Å². The second-order valence-electron chi connectivity index (χ2n) is 5.36. The molecule has 0 spiro atoms. The van der Waals surface area contributed by atoms with Crippen molar-refractivity contribution in [2.24, 2.45) is 0 Å². The van der Waals surface area contributed by atoms with E-state index in [1.165, 1.54) is 12.8 Å². The van der Waals surface area contributed by atoms with Crippen molar-refractivity contribution in [3.63, 3.8) is 0 Å². The van der Waals surface area contributed by atoms with Gasteiger partial charge in [0.15, 0.2) is 0 Å². The van der Waals surface area contributed by atoms with E-state index < -0.39 is 13.0 Å². The largest absolute Gasteiger partial charge is 0.522 e. The van der Waals surface area contributed by atoms with E-state index in [9.17, 15) is 13.2 Å². The Labute approximate surface area is 122 Å². The number of benzene rings is 1. The maximum Gasteiger partial charge on any atom is 0.522 e. The third-order valence-corrected chi connectivity index (χ3v) is 3.29. The predicted molar refractivity (Wildman–Crippen MR) is 73.3 cm³/mol. The molecule has 2 rings (SSSR count). The maximum absolute atomic E-state index is 11.9. The van der Waals surface area contributed by atoms with Crippen LogP contribution in [0.5, 0.6) is 5.75 Å². The first-order chi connectivity index (χ1) is 9.85. The van der Waals surface area contributed by atoms with Gasteiger partial charge in [-0.2, -0.15) is 0 Å². The highest BCUT2D eigenvalue weighted by Crippen LogP contribution is 2.26. The zero-order valence-electron chi connectivity index (χ0n) is 12.2. The molecule has 0 unspecified atom stereocenters. The molecule has 1 aliphatic rings. The summed E-state index contributed by atoms with van der Waals surface area (Å²) in [5.41, 5.74) is 3.01. The van der Waals surface area contributed by atoms with E-state index in [4.69, 9.17) is 4.74 Å². The second kappa shape index (κ2) is 6.66. The summed E-state index contributed by atoms with van der Waals surface area (Å²) in [5, 5.41) is 3.43. The van der Waals surface area contributed by atoms with Gasteiger partial charge in [0.25, 0.3) is 0 Å². The Balaban J connectivity index is 1.86. The first-order valence-electron chi connectivity index (χ1n) is 7.02. The van der Waals surface area contributed by atoms with Gasteiger partial charge in [0.05, 0.1) is 6.61 Å². The van der Waals surface area contributed by atoms with Crippen LogP contribution in [-0.4, -0.2) is 25.6 Å². The lowest BCUT2D eigenvalue weighted by Crippen LogP contribution is -2.18. The lowest BCUT2D eigenvalue weighted by Gasteiger charge is -2.15. The minimum absolute atomic E-state index is 0.124. The van der Waals surface area contributed by atoms with Crippen molar-refractivity contribution in [1.29, 1.82) is 0 Å². The molecule has 1 N–H and O–H groups in total. The van der Waals surface area contributed by atoms with Crippen LogP contribution in [-0.2, 0) is 11.3 Å². The number of hydrogen-bond acceptors (Lipinski definition) is 3. The van der Waals surface area contributed by atoms with Crippen LogP contribution in [0.25, 0.3) is 0 Å². The summed E-state index contributed by atoms with van der Waals surface area (Å²) >= 11 is 0. The zero-order chi connectivity index (χ0) is 15.5. The van der Waals surface area contributed by atoms with Crippen LogP contribution in [0.3, 0.4) is 0 Å². The lowest BCUT2D eigenvalue weighted by atomic mass is 10.1. The SMILES string of the molecule is Cc1cc(CNC2CC2)cc(C)c1OCCOC(F)(F)F. The Morgan fingerprint density at radius 1 is 1.14 bits per heavy atom. The fourth-order valence-electron chi connectivity index (χ4n) is 2.22. The van der Waals surface area contributed by atoms with Crippen molar-refractivity contribution in [3.8, 4) is 5.75 Å². The molecule has 1 saturated carbocycles. The Hall–Kier alpha value is -1.27. The molecular weight excluding hydrogens is 283 g/mol. The molecule has 1 fully saturated rings. The lowest BCUT2D eigenvalue weighted by molar-refractivity contribution is -0.325. The molecule has 6 heteroatoms. The average Bonchev–Trinajstić information content (AvgIpc) is 3.17. The average molecular weight is 303 g/mol. The molecule has 1 aliphatic carbocycles. The number of ether oxygens (including phenoxy) is 2. The molecule has 0 bridgehead atoms. The van der Waals surface area contributed by atoms with Gasteiger partial charge in [-0.15, -0.1) is 13.2 Å². The highest BCUT2D eigenvalue weighted by atomic mass is 19.4. The standard InChI is InChI=1S/C15H20F3NO2/c1-10-7-12(9-19-13-3-4-13)8-11(2)14(10)20-5-6-21-15(16,17)18/h7-8,13,19H,3-6,9H2,1-2H3. The number of alkyl halides is 3. The first kappa shape index (κ1) is 16.1. The quantitative estimate of drug-likeness (QED) is 0.782. The number of aryl methyl sites for hydroxylation is 2. The third kappa shape index (κ3) is 5.55. The van der Waals surface area contributed by atoms with Crippen LogP contribution in [0.1, 0.15) is 29.5 Å². The van der Waals surface area contributed by atoms with Gasteiger partial charge in [-0.1, -0.05) is 12.1 Å². The zero-order valence-corrected chi connectivity index (χ0v) is 12.2. The molecule has 0 radical (unpaired) electrons. The van der Waals surface area contributed by atoms with Crippen molar-refractivity contribution in [1.82, 2.24) is 5.32 Å². The summed E-state index contributed by atoms with van der Waals surface area (Å²) in [4.78, 5) is 0. The summed E-state index contributed by atoms with van der Waals surface area (Å²) in [7, 11) is 0. The molecule has 0 atom stereocenters. The van der Waals surface area contributed by atoms with Crippen molar-refractivity contribution >= 4 is 0 Å². The Morgan fingerprint density at radius 2 is 1.76 bits per heavy atom. The van der Waals surface area contributed by atoms with E-state index in [-0.39, 0.29) is 6.61 Å². The van der Waals surface area contributed by atoms with Crippen LogP contribution < -0.4 is 10.1 Å². The minimum Gasteiger partial charge on any atom is -0.491 e. The number of hydrogen-bond donors (Lipinski definition) is 1. The van der Waals surface area contributed by atoms with Gasteiger partial charge < -0.3 is 10.1 Å². The number of nitrogens with one attached hydrogen (secondary N) is 1. The summed E-state index contributed by atoms with van der Waals surface area (Å²) in [6.07, 6.45) is -2.14. The highest BCUT2D eigenvalue weighted by molar-refractivity contribution is 5.43. The van der Waals surface area contributed by atoms with Crippen molar-refractivity contribution < 1.29 is 22.6 Å². The third-order valence-electron chi connectivity index (χ3n) is 3.29. The summed E-state index contributed by atoms with van der Waals surface area (Å²) in [6, 6.07) is 4.64. The maximum atomic E-state index is 11.9. The fourth-order valence-corrected chi connectivity index (χ4v) is 2.22. The van der Waals surface area contributed by atoms with Crippen LogP contribution in [0, 0.1) is 13.8 Å². The van der Waals surface area contributed by atoms with Crippen LogP contribution in [0.4, 0.5) is 13.2 Å².